The van der Waals surface area contributed by atoms with Gasteiger partial charge in [-0.15, -0.1) is 0 Å². The lowest BCUT2D eigenvalue weighted by molar-refractivity contribution is 0.416. The summed E-state index contributed by atoms with van der Waals surface area (Å²) >= 11 is 0. The Hall–Kier alpha value is -3.00. The van der Waals surface area contributed by atoms with Gasteiger partial charge in [-0.2, -0.15) is 0 Å². The Morgan fingerprint density at radius 2 is 1.46 bits per heavy atom. The predicted molar refractivity (Wildman–Crippen MR) is 109 cm³/mol. The van der Waals surface area contributed by atoms with Gasteiger partial charge in [-0.3, -0.25) is 0 Å². The lowest BCUT2D eigenvalue weighted by Crippen LogP contribution is -1.94. The Bertz CT molecular complexity index is 1100. The molecule has 0 spiro atoms. The van der Waals surface area contributed by atoms with Crippen LogP contribution in [-0.4, -0.2) is 12.2 Å². The van der Waals surface area contributed by atoms with E-state index in [1.54, 1.807) is 7.11 Å². The van der Waals surface area contributed by atoms with Gasteiger partial charge in [0.15, 0.2) is 0 Å². The maximum absolute atomic E-state index is 11.2. The van der Waals surface area contributed by atoms with Crippen molar-refractivity contribution in [3.8, 4) is 22.6 Å². The number of methoxy groups -OCH3 is 1. The average molecular weight is 342 g/mol. The van der Waals surface area contributed by atoms with Crippen LogP contribution in [0.2, 0.25) is 0 Å². The van der Waals surface area contributed by atoms with E-state index in [2.05, 4.69) is 43.3 Å². The first-order valence-corrected chi connectivity index (χ1v) is 9.04. The van der Waals surface area contributed by atoms with Crippen LogP contribution in [0.15, 0.2) is 66.7 Å². The minimum Gasteiger partial charge on any atom is -0.507 e. The molecule has 4 rings (SSSR count). The van der Waals surface area contributed by atoms with Gasteiger partial charge in [-0.05, 0) is 45.7 Å². The molecule has 130 valence electrons. The van der Waals surface area contributed by atoms with Crippen LogP contribution in [0.4, 0.5) is 0 Å². The normalized spacial score (nSPS) is 11.2. The molecule has 0 saturated heterocycles. The van der Waals surface area contributed by atoms with Gasteiger partial charge in [0.25, 0.3) is 0 Å². The Morgan fingerprint density at radius 1 is 0.808 bits per heavy atom. The van der Waals surface area contributed by atoms with Crippen LogP contribution in [0.1, 0.15) is 18.9 Å². The first-order valence-electron chi connectivity index (χ1n) is 9.04. The smallest absolute Gasteiger partial charge is 0.127 e. The number of phenolic OH excluding ortho intramolecular Hbond substituents is 1. The molecule has 0 fully saturated rings. The monoisotopic (exact) mass is 342 g/mol. The highest BCUT2D eigenvalue weighted by Gasteiger charge is 2.19. The fraction of sp³-hybridized carbons (Fsp3) is 0.167. The van der Waals surface area contributed by atoms with E-state index < -0.39 is 0 Å². The quantitative estimate of drug-likeness (QED) is 0.470. The fourth-order valence-electron chi connectivity index (χ4n) is 3.79. The largest absolute Gasteiger partial charge is 0.507 e. The van der Waals surface area contributed by atoms with Gasteiger partial charge >= 0.3 is 0 Å². The van der Waals surface area contributed by atoms with E-state index >= 15 is 0 Å². The van der Waals surface area contributed by atoms with E-state index in [-0.39, 0.29) is 0 Å². The van der Waals surface area contributed by atoms with Crippen LogP contribution in [-0.2, 0) is 6.42 Å². The molecule has 0 atom stereocenters. The molecule has 0 aliphatic carbocycles. The summed E-state index contributed by atoms with van der Waals surface area (Å²) in [6, 6.07) is 22.6. The molecule has 0 heterocycles. The van der Waals surface area contributed by atoms with Crippen molar-refractivity contribution < 1.29 is 9.84 Å². The molecule has 0 aliphatic rings. The second-order valence-corrected chi connectivity index (χ2v) is 6.59. The summed E-state index contributed by atoms with van der Waals surface area (Å²) in [5.74, 6) is 1.14. The van der Waals surface area contributed by atoms with Crippen LogP contribution in [0.3, 0.4) is 0 Å². The second-order valence-electron chi connectivity index (χ2n) is 6.59. The third kappa shape index (κ3) is 2.59. The molecule has 0 amide bonds. The minimum atomic E-state index is 0.361. The summed E-state index contributed by atoms with van der Waals surface area (Å²) in [6.07, 6.45) is 1.83. The van der Waals surface area contributed by atoms with Crippen molar-refractivity contribution in [3.63, 3.8) is 0 Å². The zero-order valence-corrected chi connectivity index (χ0v) is 15.1. The maximum atomic E-state index is 11.2. The number of phenols is 1. The molecule has 2 nitrogen and oxygen atoms in total. The van der Waals surface area contributed by atoms with E-state index in [0.717, 1.165) is 56.8 Å². The zero-order chi connectivity index (χ0) is 18.1. The number of hydrogen-bond donors (Lipinski definition) is 1. The molecule has 0 aromatic heterocycles. The van der Waals surface area contributed by atoms with Crippen molar-refractivity contribution in [2.24, 2.45) is 0 Å². The lowest BCUT2D eigenvalue weighted by Gasteiger charge is -2.18. The topological polar surface area (TPSA) is 29.5 Å². The van der Waals surface area contributed by atoms with Gasteiger partial charge in [0.05, 0.1) is 7.11 Å². The molecule has 0 saturated carbocycles. The Kier molecular flexibility index (Phi) is 4.26. The Balaban J connectivity index is 2.18. The predicted octanol–water partition coefficient (Wildman–Crippen LogP) is 6.33. The van der Waals surface area contributed by atoms with E-state index in [1.807, 2.05) is 30.3 Å². The Labute approximate surface area is 153 Å². The summed E-state index contributed by atoms with van der Waals surface area (Å²) in [7, 11) is 1.68. The number of aromatic hydroxyl groups is 1. The van der Waals surface area contributed by atoms with Crippen molar-refractivity contribution in [2.45, 2.75) is 19.8 Å². The van der Waals surface area contributed by atoms with Gasteiger partial charge < -0.3 is 9.84 Å². The summed E-state index contributed by atoms with van der Waals surface area (Å²) in [5.41, 5.74) is 2.80. The number of rotatable bonds is 4. The Morgan fingerprint density at radius 3 is 2.15 bits per heavy atom. The van der Waals surface area contributed by atoms with Crippen molar-refractivity contribution in [1.82, 2.24) is 0 Å². The van der Waals surface area contributed by atoms with Crippen molar-refractivity contribution in [2.75, 3.05) is 7.11 Å². The highest BCUT2D eigenvalue weighted by Crippen LogP contribution is 2.46. The van der Waals surface area contributed by atoms with Gasteiger partial charge in [0.1, 0.15) is 11.5 Å². The number of aryl methyl sites for hydroxylation is 1. The molecule has 26 heavy (non-hydrogen) atoms. The third-order valence-corrected chi connectivity index (χ3v) is 4.98. The molecular weight excluding hydrogens is 320 g/mol. The summed E-state index contributed by atoms with van der Waals surface area (Å²) in [6.45, 7) is 2.13. The SMILES string of the molecule is CCCc1cc2ccccc2c(-c2c(OC)ccc3ccccc23)c1O. The summed E-state index contributed by atoms with van der Waals surface area (Å²) in [5, 5.41) is 15.6. The molecule has 1 N–H and O–H groups in total. The van der Waals surface area contributed by atoms with Crippen LogP contribution < -0.4 is 4.74 Å². The number of hydrogen-bond acceptors (Lipinski definition) is 2. The standard InChI is InChI=1S/C24H22O2/c1-3-8-18-15-17-10-5-7-12-20(17)23(24(18)25)22-19-11-6-4-9-16(19)13-14-21(22)26-2/h4-7,9-15,25H,3,8H2,1-2H3. The maximum Gasteiger partial charge on any atom is 0.127 e. The van der Waals surface area contributed by atoms with E-state index in [9.17, 15) is 5.11 Å². The third-order valence-electron chi connectivity index (χ3n) is 4.98. The second kappa shape index (κ2) is 6.72. The number of fused-ring (bicyclic) bond motifs is 2. The number of benzene rings is 4. The molecular formula is C24H22O2. The zero-order valence-electron chi connectivity index (χ0n) is 15.1. The summed E-state index contributed by atoms with van der Waals surface area (Å²) < 4.78 is 5.70. The van der Waals surface area contributed by atoms with Crippen molar-refractivity contribution >= 4 is 21.5 Å². The van der Waals surface area contributed by atoms with E-state index in [0.29, 0.717) is 5.75 Å². The molecule has 0 bridgehead atoms. The number of ether oxygens (including phenoxy) is 1. The first kappa shape index (κ1) is 16.5. The van der Waals surface area contributed by atoms with Gasteiger partial charge in [-0.25, -0.2) is 0 Å². The molecule has 2 heteroatoms. The highest BCUT2D eigenvalue weighted by molar-refractivity contribution is 6.10. The highest BCUT2D eigenvalue weighted by atomic mass is 16.5. The van der Waals surface area contributed by atoms with Crippen LogP contribution in [0.5, 0.6) is 11.5 Å². The molecule has 4 aromatic rings. The van der Waals surface area contributed by atoms with Gasteiger partial charge in [0, 0.05) is 11.1 Å². The van der Waals surface area contributed by atoms with Crippen molar-refractivity contribution in [1.29, 1.82) is 0 Å². The molecule has 4 aromatic carbocycles. The summed E-state index contributed by atoms with van der Waals surface area (Å²) in [4.78, 5) is 0. The average Bonchev–Trinajstić information content (AvgIpc) is 2.68. The lowest BCUT2D eigenvalue weighted by atomic mass is 9.89. The van der Waals surface area contributed by atoms with Crippen LogP contribution in [0.25, 0.3) is 32.7 Å². The molecule has 0 unspecified atom stereocenters. The van der Waals surface area contributed by atoms with Crippen LogP contribution in [0, 0.1) is 0 Å². The van der Waals surface area contributed by atoms with Crippen molar-refractivity contribution in [3.05, 3.63) is 72.3 Å². The molecule has 0 radical (unpaired) electrons. The first-order chi connectivity index (χ1) is 12.7. The van der Waals surface area contributed by atoms with Gasteiger partial charge in [-0.1, -0.05) is 67.9 Å². The molecule has 0 aliphatic heterocycles. The van der Waals surface area contributed by atoms with E-state index in [1.165, 1.54) is 0 Å². The van der Waals surface area contributed by atoms with Gasteiger partial charge in [0.2, 0.25) is 0 Å². The van der Waals surface area contributed by atoms with Crippen LogP contribution >= 0.6 is 0 Å². The van der Waals surface area contributed by atoms with E-state index in [4.69, 9.17) is 4.74 Å². The fourth-order valence-corrected chi connectivity index (χ4v) is 3.79. The minimum absolute atomic E-state index is 0.361.